The topological polar surface area (TPSA) is 64.3 Å². The SMILES string of the molecule is COc1c(N)ncnc1N1CCCC(C)C1. The minimum atomic E-state index is 0.408. The first-order valence-electron chi connectivity index (χ1n) is 5.61. The lowest BCUT2D eigenvalue weighted by molar-refractivity contribution is 0.402. The van der Waals surface area contributed by atoms with Crippen molar-refractivity contribution in [2.75, 3.05) is 30.8 Å². The van der Waals surface area contributed by atoms with Gasteiger partial charge in [-0.2, -0.15) is 0 Å². The summed E-state index contributed by atoms with van der Waals surface area (Å²) in [6, 6.07) is 0. The number of methoxy groups -OCH3 is 1. The van der Waals surface area contributed by atoms with E-state index in [0.717, 1.165) is 18.9 Å². The second-order valence-corrected chi connectivity index (χ2v) is 4.31. The van der Waals surface area contributed by atoms with Crippen molar-refractivity contribution in [3.63, 3.8) is 0 Å². The number of nitrogens with two attached hydrogens (primary N) is 1. The summed E-state index contributed by atoms with van der Waals surface area (Å²) in [6.45, 7) is 4.27. The molecule has 1 fully saturated rings. The summed E-state index contributed by atoms with van der Waals surface area (Å²) in [5, 5.41) is 0. The van der Waals surface area contributed by atoms with Gasteiger partial charge in [0.25, 0.3) is 0 Å². The van der Waals surface area contributed by atoms with Crippen LogP contribution in [0.3, 0.4) is 0 Å². The van der Waals surface area contributed by atoms with Crippen LogP contribution in [0.15, 0.2) is 6.33 Å². The molecule has 1 aromatic rings. The van der Waals surface area contributed by atoms with E-state index >= 15 is 0 Å². The van der Waals surface area contributed by atoms with Crippen LogP contribution in [-0.2, 0) is 0 Å². The number of ether oxygens (including phenoxy) is 1. The van der Waals surface area contributed by atoms with Crippen molar-refractivity contribution in [2.45, 2.75) is 19.8 Å². The Morgan fingerprint density at radius 3 is 3.00 bits per heavy atom. The van der Waals surface area contributed by atoms with Gasteiger partial charge in [-0.05, 0) is 18.8 Å². The number of anilines is 2. The first-order chi connectivity index (χ1) is 7.72. The lowest BCUT2D eigenvalue weighted by atomic mass is 10.0. The van der Waals surface area contributed by atoms with Crippen LogP contribution in [0, 0.1) is 5.92 Å². The molecule has 2 rings (SSSR count). The molecule has 0 bridgehead atoms. The Morgan fingerprint density at radius 1 is 1.50 bits per heavy atom. The van der Waals surface area contributed by atoms with Crippen LogP contribution in [-0.4, -0.2) is 30.2 Å². The van der Waals surface area contributed by atoms with Crippen molar-refractivity contribution in [2.24, 2.45) is 5.92 Å². The van der Waals surface area contributed by atoms with E-state index in [1.165, 1.54) is 19.2 Å². The summed E-state index contributed by atoms with van der Waals surface area (Å²) in [7, 11) is 1.60. The van der Waals surface area contributed by atoms with Gasteiger partial charge in [-0.1, -0.05) is 6.92 Å². The second-order valence-electron chi connectivity index (χ2n) is 4.31. The van der Waals surface area contributed by atoms with Crippen LogP contribution in [0.2, 0.25) is 0 Å². The molecular formula is C11H18N4O. The predicted molar refractivity (Wildman–Crippen MR) is 63.6 cm³/mol. The van der Waals surface area contributed by atoms with Gasteiger partial charge in [-0.25, -0.2) is 9.97 Å². The van der Waals surface area contributed by atoms with Crippen LogP contribution in [0.1, 0.15) is 19.8 Å². The summed E-state index contributed by atoms with van der Waals surface area (Å²) in [5.74, 6) is 2.51. The molecule has 1 saturated heterocycles. The summed E-state index contributed by atoms with van der Waals surface area (Å²) < 4.78 is 5.27. The Balaban J connectivity index is 2.28. The lowest BCUT2D eigenvalue weighted by Gasteiger charge is -2.32. The number of aromatic nitrogens is 2. The van der Waals surface area contributed by atoms with E-state index in [4.69, 9.17) is 10.5 Å². The molecule has 1 aliphatic heterocycles. The van der Waals surface area contributed by atoms with E-state index in [1.807, 2.05) is 0 Å². The Hall–Kier alpha value is -1.52. The average Bonchev–Trinajstić information content (AvgIpc) is 2.28. The van der Waals surface area contributed by atoms with Crippen molar-refractivity contribution in [3.05, 3.63) is 6.33 Å². The van der Waals surface area contributed by atoms with E-state index in [-0.39, 0.29) is 0 Å². The maximum absolute atomic E-state index is 5.77. The number of hydrogen-bond acceptors (Lipinski definition) is 5. The molecule has 2 heterocycles. The fraction of sp³-hybridized carbons (Fsp3) is 0.636. The highest BCUT2D eigenvalue weighted by Gasteiger charge is 2.21. The van der Waals surface area contributed by atoms with Crippen molar-refractivity contribution < 1.29 is 4.74 Å². The fourth-order valence-corrected chi connectivity index (χ4v) is 2.18. The number of hydrogen-bond donors (Lipinski definition) is 1. The van der Waals surface area contributed by atoms with Gasteiger partial charge >= 0.3 is 0 Å². The molecule has 16 heavy (non-hydrogen) atoms. The van der Waals surface area contributed by atoms with Gasteiger partial charge in [0.2, 0.25) is 5.75 Å². The number of piperidine rings is 1. The Bertz CT molecular complexity index is 369. The van der Waals surface area contributed by atoms with E-state index in [2.05, 4.69) is 21.8 Å². The van der Waals surface area contributed by atoms with Gasteiger partial charge in [-0.15, -0.1) is 0 Å². The zero-order valence-electron chi connectivity index (χ0n) is 9.81. The third-order valence-corrected chi connectivity index (χ3v) is 2.97. The first kappa shape index (κ1) is 11.0. The van der Waals surface area contributed by atoms with Gasteiger partial charge in [-0.3, -0.25) is 0 Å². The first-order valence-corrected chi connectivity index (χ1v) is 5.61. The molecule has 0 radical (unpaired) electrons. The molecule has 0 aliphatic carbocycles. The smallest absolute Gasteiger partial charge is 0.204 e. The standard InChI is InChI=1S/C11H18N4O/c1-8-4-3-5-15(6-8)11-9(16-2)10(12)13-7-14-11/h7-8H,3-6H2,1-2H3,(H2,12,13,14). The van der Waals surface area contributed by atoms with Crippen LogP contribution in [0.5, 0.6) is 5.75 Å². The van der Waals surface area contributed by atoms with Gasteiger partial charge in [0.05, 0.1) is 7.11 Å². The van der Waals surface area contributed by atoms with Crippen molar-refractivity contribution in [1.82, 2.24) is 9.97 Å². The molecule has 1 atom stereocenters. The highest BCUT2D eigenvalue weighted by atomic mass is 16.5. The highest BCUT2D eigenvalue weighted by molar-refractivity contribution is 5.62. The molecule has 1 aromatic heterocycles. The Morgan fingerprint density at radius 2 is 2.31 bits per heavy atom. The van der Waals surface area contributed by atoms with Crippen molar-refractivity contribution in [1.29, 1.82) is 0 Å². The highest BCUT2D eigenvalue weighted by Crippen LogP contribution is 2.32. The summed E-state index contributed by atoms with van der Waals surface area (Å²) >= 11 is 0. The van der Waals surface area contributed by atoms with Crippen LogP contribution >= 0.6 is 0 Å². The fourth-order valence-electron chi connectivity index (χ4n) is 2.18. The molecular weight excluding hydrogens is 204 g/mol. The van der Waals surface area contributed by atoms with Crippen molar-refractivity contribution in [3.8, 4) is 5.75 Å². The number of nitrogen functional groups attached to an aromatic ring is 1. The quantitative estimate of drug-likeness (QED) is 0.817. The second kappa shape index (κ2) is 4.55. The average molecular weight is 222 g/mol. The largest absolute Gasteiger partial charge is 0.490 e. The molecule has 1 unspecified atom stereocenters. The van der Waals surface area contributed by atoms with Gasteiger partial charge in [0, 0.05) is 13.1 Å². The number of rotatable bonds is 2. The van der Waals surface area contributed by atoms with E-state index in [9.17, 15) is 0 Å². The molecule has 5 nitrogen and oxygen atoms in total. The molecule has 5 heteroatoms. The van der Waals surface area contributed by atoms with Crippen LogP contribution < -0.4 is 15.4 Å². The van der Waals surface area contributed by atoms with Gasteiger partial charge in [0.15, 0.2) is 11.6 Å². The summed E-state index contributed by atoms with van der Waals surface area (Å²) in [4.78, 5) is 10.4. The molecule has 0 aromatic carbocycles. The van der Waals surface area contributed by atoms with Crippen molar-refractivity contribution >= 4 is 11.6 Å². The van der Waals surface area contributed by atoms with E-state index < -0.39 is 0 Å². The molecule has 1 aliphatic rings. The zero-order chi connectivity index (χ0) is 11.5. The summed E-state index contributed by atoms with van der Waals surface area (Å²) in [6.07, 6.45) is 3.96. The molecule has 0 saturated carbocycles. The van der Waals surface area contributed by atoms with Crippen LogP contribution in [0.4, 0.5) is 11.6 Å². The molecule has 88 valence electrons. The summed E-state index contributed by atoms with van der Waals surface area (Å²) in [5.41, 5.74) is 5.77. The normalized spacial score (nSPS) is 20.9. The van der Waals surface area contributed by atoms with Crippen LogP contribution in [0.25, 0.3) is 0 Å². The third kappa shape index (κ3) is 2.03. The van der Waals surface area contributed by atoms with Gasteiger partial charge in [0.1, 0.15) is 6.33 Å². The molecule has 0 spiro atoms. The van der Waals surface area contributed by atoms with E-state index in [1.54, 1.807) is 7.11 Å². The van der Waals surface area contributed by atoms with E-state index in [0.29, 0.717) is 17.5 Å². The lowest BCUT2D eigenvalue weighted by Crippen LogP contribution is -2.35. The third-order valence-electron chi connectivity index (χ3n) is 2.97. The maximum atomic E-state index is 5.77. The molecule has 0 amide bonds. The maximum Gasteiger partial charge on any atom is 0.204 e. The molecule has 2 N–H and O–H groups in total. The monoisotopic (exact) mass is 222 g/mol. The minimum Gasteiger partial charge on any atom is -0.490 e. The number of nitrogens with zero attached hydrogens (tertiary/aromatic N) is 3. The van der Waals surface area contributed by atoms with Gasteiger partial charge < -0.3 is 15.4 Å². The Labute approximate surface area is 95.6 Å². The zero-order valence-corrected chi connectivity index (χ0v) is 9.81. The minimum absolute atomic E-state index is 0.408. The predicted octanol–water partition coefficient (Wildman–Crippen LogP) is 1.30. The Kier molecular flexibility index (Phi) is 3.12.